The van der Waals surface area contributed by atoms with Crippen molar-refractivity contribution in [3.05, 3.63) is 107 Å². The Labute approximate surface area is 203 Å². The van der Waals surface area contributed by atoms with Gasteiger partial charge in [-0.1, -0.05) is 70.5 Å². The first-order chi connectivity index (χ1) is 16.2. The lowest BCUT2D eigenvalue weighted by atomic mass is 10.0. The summed E-state index contributed by atoms with van der Waals surface area (Å²) in [5, 5.41) is 5.03. The standard InChI is InChI=1S/C28H26BrN3O/c29-27-11-5-8-24-25(27)9-4-10-26(24)28(33)30-22-12-14-23(15-13-22)32-18-16-31(17-19-32)20-21-6-2-1-3-7-21/h1-15H,16-20H2,(H,30,33). The van der Waals surface area contributed by atoms with Gasteiger partial charge in [0.05, 0.1) is 0 Å². The third-order valence-electron chi connectivity index (χ3n) is 6.23. The van der Waals surface area contributed by atoms with Crippen molar-refractivity contribution in [3.63, 3.8) is 0 Å². The topological polar surface area (TPSA) is 35.6 Å². The average molecular weight is 500 g/mol. The number of carbonyl (C=O) groups is 1. The Bertz CT molecular complexity index is 1250. The molecule has 1 aliphatic rings. The van der Waals surface area contributed by atoms with E-state index in [2.05, 4.69) is 73.5 Å². The van der Waals surface area contributed by atoms with Gasteiger partial charge in [-0.05, 0) is 52.7 Å². The van der Waals surface area contributed by atoms with Gasteiger partial charge in [0.25, 0.3) is 5.91 Å². The quantitative estimate of drug-likeness (QED) is 0.356. The van der Waals surface area contributed by atoms with Crippen LogP contribution in [0.1, 0.15) is 15.9 Å². The predicted molar refractivity (Wildman–Crippen MR) is 140 cm³/mol. The number of anilines is 2. The van der Waals surface area contributed by atoms with Gasteiger partial charge in [0.2, 0.25) is 0 Å². The lowest BCUT2D eigenvalue weighted by Crippen LogP contribution is -2.45. The van der Waals surface area contributed by atoms with Crippen LogP contribution in [0.25, 0.3) is 10.8 Å². The van der Waals surface area contributed by atoms with Crippen molar-refractivity contribution < 1.29 is 4.79 Å². The number of benzene rings is 4. The number of carbonyl (C=O) groups excluding carboxylic acids is 1. The molecule has 0 radical (unpaired) electrons. The molecule has 0 atom stereocenters. The molecular formula is C28H26BrN3O. The zero-order valence-corrected chi connectivity index (χ0v) is 20.0. The number of halogens is 1. The Morgan fingerprint density at radius 1 is 0.758 bits per heavy atom. The van der Waals surface area contributed by atoms with Gasteiger partial charge in [0, 0.05) is 54.1 Å². The molecule has 4 aromatic carbocycles. The molecule has 1 amide bonds. The molecule has 1 fully saturated rings. The molecule has 0 aromatic heterocycles. The van der Waals surface area contributed by atoms with Crippen molar-refractivity contribution >= 4 is 44.0 Å². The highest BCUT2D eigenvalue weighted by molar-refractivity contribution is 9.10. The molecule has 5 heteroatoms. The highest BCUT2D eigenvalue weighted by Gasteiger charge is 2.17. The van der Waals surface area contributed by atoms with E-state index in [4.69, 9.17) is 0 Å². The maximum atomic E-state index is 13.0. The number of rotatable bonds is 5. The molecule has 0 spiro atoms. The Kier molecular flexibility index (Phi) is 6.42. The summed E-state index contributed by atoms with van der Waals surface area (Å²) in [5.74, 6) is -0.0963. The molecule has 4 aromatic rings. The Hall–Kier alpha value is -3.15. The Morgan fingerprint density at radius 3 is 2.21 bits per heavy atom. The molecule has 1 N–H and O–H groups in total. The van der Waals surface area contributed by atoms with Crippen LogP contribution in [0, 0.1) is 0 Å². The highest BCUT2D eigenvalue weighted by atomic mass is 79.9. The third-order valence-corrected chi connectivity index (χ3v) is 6.92. The van der Waals surface area contributed by atoms with Crippen LogP contribution in [0.4, 0.5) is 11.4 Å². The van der Waals surface area contributed by atoms with E-state index in [-0.39, 0.29) is 5.91 Å². The fourth-order valence-electron chi connectivity index (χ4n) is 4.43. The first kappa shape index (κ1) is 21.7. The monoisotopic (exact) mass is 499 g/mol. The van der Waals surface area contributed by atoms with Gasteiger partial charge in [-0.25, -0.2) is 0 Å². The largest absolute Gasteiger partial charge is 0.369 e. The molecule has 1 aliphatic heterocycles. The summed E-state index contributed by atoms with van der Waals surface area (Å²) < 4.78 is 0.989. The van der Waals surface area contributed by atoms with Crippen molar-refractivity contribution in [1.29, 1.82) is 0 Å². The van der Waals surface area contributed by atoms with Crippen LogP contribution in [-0.2, 0) is 6.54 Å². The maximum absolute atomic E-state index is 13.0. The smallest absolute Gasteiger partial charge is 0.256 e. The fraction of sp³-hybridized carbons (Fsp3) is 0.179. The second kappa shape index (κ2) is 9.77. The lowest BCUT2D eigenvalue weighted by Gasteiger charge is -2.36. The summed E-state index contributed by atoms with van der Waals surface area (Å²) in [6.07, 6.45) is 0. The van der Waals surface area contributed by atoms with Gasteiger partial charge in [0.15, 0.2) is 0 Å². The molecule has 1 saturated heterocycles. The van der Waals surface area contributed by atoms with Crippen molar-refractivity contribution in [3.8, 4) is 0 Å². The van der Waals surface area contributed by atoms with Gasteiger partial charge in [-0.3, -0.25) is 9.69 Å². The summed E-state index contributed by atoms with van der Waals surface area (Å²) in [4.78, 5) is 17.9. The van der Waals surface area contributed by atoms with E-state index < -0.39 is 0 Å². The van der Waals surface area contributed by atoms with E-state index in [1.807, 2.05) is 48.5 Å². The number of nitrogens with one attached hydrogen (secondary N) is 1. The second-order valence-electron chi connectivity index (χ2n) is 8.39. The van der Waals surface area contributed by atoms with Gasteiger partial charge >= 0.3 is 0 Å². The number of fused-ring (bicyclic) bond motifs is 1. The van der Waals surface area contributed by atoms with E-state index >= 15 is 0 Å². The predicted octanol–water partition coefficient (Wildman–Crippen LogP) is 6.18. The molecule has 0 unspecified atom stereocenters. The number of hydrogen-bond acceptors (Lipinski definition) is 3. The minimum absolute atomic E-state index is 0.0963. The number of nitrogens with zero attached hydrogens (tertiary/aromatic N) is 2. The van der Waals surface area contributed by atoms with E-state index in [0.29, 0.717) is 5.56 Å². The SMILES string of the molecule is O=C(Nc1ccc(N2CCN(Cc3ccccc3)CC2)cc1)c1cccc2c(Br)cccc12. The van der Waals surface area contributed by atoms with Crippen molar-refractivity contribution in [2.24, 2.45) is 0 Å². The molecule has 166 valence electrons. The second-order valence-corrected chi connectivity index (χ2v) is 9.24. The van der Waals surface area contributed by atoms with E-state index in [1.54, 1.807) is 0 Å². The summed E-state index contributed by atoms with van der Waals surface area (Å²) in [7, 11) is 0. The van der Waals surface area contributed by atoms with Crippen LogP contribution in [0.5, 0.6) is 0 Å². The minimum Gasteiger partial charge on any atom is -0.369 e. The molecule has 0 aliphatic carbocycles. The van der Waals surface area contributed by atoms with Crippen molar-refractivity contribution in [2.45, 2.75) is 6.54 Å². The molecule has 1 heterocycles. The van der Waals surface area contributed by atoms with Crippen LogP contribution < -0.4 is 10.2 Å². The van der Waals surface area contributed by atoms with E-state index in [0.717, 1.165) is 53.7 Å². The van der Waals surface area contributed by atoms with Crippen molar-refractivity contribution in [1.82, 2.24) is 4.90 Å². The van der Waals surface area contributed by atoms with Gasteiger partial charge in [-0.15, -0.1) is 0 Å². The first-order valence-corrected chi connectivity index (χ1v) is 12.1. The van der Waals surface area contributed by atoms with Gasteiger partial charge in [0.1, 0.15) is 0 Å². The molecule has 4 nitrogen and oxygen atoms in total. The fourth-order valence-corrected chi connectivity index (χ4v) is 4.93. The number of piperazine rings is 1. The normalized spacial score (nSPS) is 14.4. The number of hydrogen-bond donors (Lipinski definition) is 1. The third kappa shape index (κ3) is 4.95. The van der Waals surface area contributed by atoms with Gasteiger partial charge in [-0.2, -0.15) is 0 Å². The summed E-state index contributed by atoms with van der Waals surface area (Å²) in [5.41, 5.74) is 4.04. The van der Waals surface area contributed by atoms with Gasteiger partial charge < -0.3 is 10.2 Å². The highest BCUT2D eigenvalue weighted by Crippen LogP contribution is 2.27. The average Bonchev–Trinajstić information content (AvgIpc) is 2.86. The summed E-state index contributed by atoms with van der Waals surface area (Å²) >= 11 is 3.57. The molecule has 33 heavy (non-hydrogen) atoms. The summed E-state index contributed by atoms with van der Waals surface area (Å²) in [6.45, 7) is 5.10. The van der Waals surface area contributed by atoms with Crippen LogP contribution >= 0.6 is 15.9 Å². The van der Waals surface area contributed by atoms with Crippen LogP contribution in [0.2, 0.25) is 0 Å². The Morgan fingerprint density at radius 2 is 1.45 bits per heavy atom. The Balaban J connectivity index is 1.21. The zero-order valence-electron chi connectivity index (χ0n) is 18.4. The number of amides is 1. The van der Waals surface area contributed by atoms with E-state index in [1.165, 1.54) is 11.3 Å². The van der Waals surface area contributed by atoms with Crippen molar-refractivity contribution in [2.75, 3.05) is 36.4 Å². The maximum Gasteiger partial charge on any atom is 0.256 e. The minimum atomic E-state index is -0.0963. The molecule has 5 rings (SSSR count). The first-order valence-electron chi connectivity index (χ1n) is 11.3. The van der Waals surface area contributed by atoms with Crippen LogP contribution in [0.3, 0.4) is 0 Å². The van der Waals surface area contributed by atoms with Crippen LogP contribution in [-0.4, -0.2) is 37.0 Å². The molecular weight excluding hydrogens is 474 g/mol. The van der Waals surface area contributed by atoms with E-state index in [9.17, 15) is 4.79 Å². The summed E-state index contributed by atoms with van der Waals surface area (Å²) in [6, 6.07) is 30.6. The molecule has 0 bridgehead atoms. The molecule has 0 saturated carbocycles. The van der Waals surface area contributed by atoms with Crippen LogP contribution in [0.15, 0.2) is 95.5 Å². The zero-order chi connectivity index (χ0) is 22.6. The lowest BCUT2D eigenvalue weighted by molar-refractivity contribution is 0.102.